The molecular formula is C55H108O6Pd. The summed E-state index contributed by atoms with van der Waals surface area (Å²) in [5.74, 6) is 10.2. The van der Waals surface area contributed by atoms with E-state index in [1.165, 1.54) is 103 Å². The standard InChI is InChI=1S/2C26H46O2.3CH4.2H2O.Pd/c2*1-17(6-7-18(2)27)21-10-11-22-20-9-8-19-16-24(3,28)14-15-25(19,4)23(20)12-13-26(21,22)5;;;;;;/h2*17-23,27-28H,6-16H2,1-5H3;3*1H4;2*1H2;/t2*17-,18-,19+,20+,21-,22+,23+,24+,25+,26-;;;;;;/m11....../s1. The third-order valence-electron chi connectivity index (χ3n) is 21.5. The topological polar surface area (TPSA) is 144 Å². The second kappa shape index (κ2) is 22.2. The molecule has 8 fully saturated rings. The average molecular weight is 972 g/mol. The largest absolute Gasteiger partial charge is 0.412 e. The molecule has 8 rings (SSSR count). The van der Waals surface area contributed by atoms with Crippen molar-refractivity contribution in [2.45, 2.75) is 256 Å². The monoisotopic (exact) mass is 971 g/mol. The number of aliphatic hydroxyl groups excluding tert-OH is 2. The zero-order chi connectivity index (χ0) is 40.6. The van der Waals surface area contributed by atoms with E-state index >= 15 is 0 Å². The Hall–Kier alpha value is 0.422. The Balaban J connectivity index is 0.000000565. The first kappa shape index (κ1) is 60.4. The van der Waals surface area contributed by atoms with Gasteiger partial charge in [-0.25, -0.2) is 0 Å². The van der Waals surface area contributed by atoms with Crippen LogP contribution in [0.15, 0.2) is 0 Å². The molecule has 0 amide bonds. The van der Waals surface area contributed by atoms with Crippen LogP contribution in [0.4, 0.5) is 0 Å². The van der Waals surface area contributed by atoms with Gasteiger partial charge in [0.15, 0.2) is 0 Å². The fourth-order valence-electron chi connectivity index (χ4n) is 18.2. The number of aliphatic hydroxyl groups is 4. The summed E-state index contributed by atoms with van der Waals surface area (Å²) >= 11 is 0. The fourth-order valence-corrected chi connectivity index (χ4v) is 18.2. The minimum absolute atomic E-state index is 0. The van der Waals surface area contributed by atoms with E-state index in [2.05, 4.69) is 55.4 Å². The molecule has 8 aliphatic rings. The van der Waals surface area contributed by atoms with Crippen molar-refractivity contribution in [3.63, 3.8) is 0 Å². The molecule has 8 saturated carbocycles. The van der Waals surface area contributed by atoms with E-state index in [1.807, 2.05) is 13.8 Å². The first-order chi connectivity index (χ1) is 26.1. The molecule has 0 aliphatic heterocycles. The molecule has 0 radical (unpaired) electrons. The SMILES string of the molecule is C.C.C.C[C@H](CC[C@@H](C)O)[C@H]1CC[C@H]2[C@@H]3CC[C@H]4C[C@@](C)(O)CC[C@]4(C)[C@H]3CC[C@]12C.C[C@H](CC[C@@H](C)O)[C@H]1CC[C@H]2[C@@H]3CC[C@H]4C[C@@](C)(O)CC[C@]4(C)[C@H]3CC[C@]12C.O.O.[Pd]. The van der Waals surface area contributed by atoms with Gasteiger partial charge in [-0.3, -0.25) is 0 Å². The summed E-state index contributed by atoms with van der Waals surface area (Å²) in [5, 5.41) is 40.9. The van der Waals surface area contributed by atoms with Crippen LogP contribution in [-0.4, -0.2) is 54.8 Å². The van der Waals surface area contributed by atoms with Gasteiger partial charge < -0.3 is 31.4 Å². The van der Waals surface area contributed by atoms with Crippen LogP contribution in [0.1, 0.15) is 233 Å². The summed E-state index contributed by atoms with van der Waals surface area (Å²) in [6.07, 6.45) is 27.5. The molecule has 62 heavy (non-hydrogen) atoms. The van der Waals surface area contributed by atoms with Gasteiger partial charge in [0.05, 0.1) is 23.4 Å². The van der Waals surface area contributed by atoms with Gasteiger partial charge in [0.1, 0.15) is 0 Å². The molecule has 0 heterocycles. The first-order valence-corrected chi connectivity index (χ1v) is 24.9. The predicted octanol–water partition coefficient (Wildman–Crippen LogP) is 12.6. The molecule has 0 aromatic rings. The van der Waals surface area contributed by atoms with Crippen LogP contribution in [0, 0.1) is 92.7 Å². The minimum Gasteiger partial charge on any atom is -0.412 e. The van der Waals surface area contributed by atoms with Crippen molar-refractivity contribution in [1.29, 1.82) is 0 Å². The second-order valence-electron chi connectivity index (χ2n) is 25.0. The van der Waals surface area contributed by atoms with Crippen molar-refractivity contribution in [3.8, 4) is 0 Å². The Morgan fingerprint density at radius 3 is 1.06 bits per heavy atom. The summed E-state index contributed by atoms with van der Waals surface area (Å²) in [5.41, 5.74) is 1.17. The normalized spacial score (nSPS) is 47.9. The van der Waals surface area contributed by atoms with E-state index in [1.54, 1.807) is 0 Å². The molecule has 7 heteroatoms. The van der Waals surface area contributed by atoms with Gasteiger partial charge in [-0.05, 0) is 262 Å². The number of fused-ring (bicyclic) bond motifs is 10. The summed E-state index contributed by atoms with van der Waals surface area (Å²) in [7, 11) is 0. The molecule has 0 spiro atoms. The van der Waals surface area contributed by atoms with Crippen LogP contribution in [0.3, 0.4) is 0 Å². The third kappa shape index (κ3) is 11.1. The quantitative estimate of drug-likeness (QED) is 0.180. The van der Waals surface area contributed by atoms with Gasteiger partial charge in [-0.15, -0.1) is 0 Å². The van der Waals surface area contributed by atoms with Gasteiger partial charge in [-0.2, -0.15) is 0 Å². The van der Waals surface area contributed by atoms with Crippen molar-refractivity contribution in [2.24, 2.45) is 92.7 Å². The van der Waals surface area contributed by atoms with Gasteiger partial charge in [0, 0.05) is 20.4 Å². The van der Waals surface area contributed by atoms with Gasteiger partial charge in [-0.1, -0.05) is 63.8 Å². The fraction of sp³-hybridized carbons (Fsp3) is 1.00. The summed E-state index contributed by atoms with van der Waals surface area (Å²) in [4.78, 5) is 0. The number of hydrogen-bond donors (Lipinski definition) is 4. The summed E-state index contributed by atoms with van der Waals surface area (Å²) < 4.78 is 0. The molecule has 8 N–H and O–H groups in total. The number of hydrogen-bond acceptors (Lipinski definition) is 4. The Kier molecular flexibility index (Phi) is 21.7. The summed E-state index contributed by atoms with van der Waals surface area (Å²) in [6.45, 7) is 23.5. The molecule has 0 unspecified atom stereocenters. The van der Waals surface area contributed by atoms with E-state index in [-0.39, 0.29) is 65.9 Å². The van der Waals surface area contributed by atoms with Crippen LogP contribution in [0.25, 0.3) is 0 Å². The van der Waals surface area contributed by atoms with Crippen molar-refractivity contribution < 1.29 is 51.8 Å². The molecule has 0 aromatic carbocycles. The van der Waals surface area contributed by atoms with Crippen LogP contribution in [-0.2, 0) is 20.4 Å². The Morgan fingerprint density at radius 1 is 0.419 bits per heavy atom. The number of rotatable bonds is 8. The van der Waals surface area contributed by atoms with Crippen LogP contribution < -0.4 is 0 Å². The van der Waals surface area contributed by atoms with E-state index in [0.717, 1.165) is 110 Å². The molecule has 374 valence electrons. The van der Waals surface area contributed by atoms with Crippen molar-refractivity contribution in [3.05, 3.63) is 0 Å². The van der Waals surface area contributed by atoms with E-state index in [9.17, 15) is 20.4 Å². The summed E-state index contributed by atoms with van der Waals surface area (Å²) in [6, 6.07) is 0. The molecular weight excluding hydrogens is 863 g/mol. The van der Waals surface area contributed by atoms with Crippen LogP contribution in [0.5, 0.6) is 0 Å². The Bertz CT molecular complexity index is 1250. The van der Waals surface area contributed by atoms with Crippen molar-refractivity contribution in [1.82, 2.24) is 0 Å². The maximum atomic E-state index is 10.7. The van der Waals surface area contributed by atoms with Crippen LogP contribution >= 0.6 is 0 Å². The predicted molar refractivity (Wildman–Crippen MR) is 259 cm³/mol. The zero-order valence-electron chi connectivity index (χ0n) is 39.7. The van der Waals surface area contributed by atoms with E-state index in [4.69, 9.17) is 0 Å². The molecule has 8 aliphatic carbocycles. The smallest absolute Gasteiger partial charge is 0.0622 e. The maximum absolute atomic E-state index is 10.7. The van der Waals surface area contributed by atoms with Gasteiger partial charge in [0.25, 0.3) is 0 Å². The van der Waals surface area contributed by atoms with Crippen molar-refractivity contribution >= 4 is 0 Å². The molecule has 20 atom stereocenters. The zero-order valence-corrected chi connectivity index (χ0v) is 41.3. The van der Waals surface area contributed by atoms with Crippen molar-refractivity contribution in [2.75, 3.05) is 0 Å². The Morgan fingerprint density at radius 2 is 0.742 bits per heavy atom. The Labute approximate surface area is 398 Å². The van der Waals surface area contributed by atoms with Gasteiger partial charge in [0.2, 0.25) is 0 Å². The van der Waals surface area contributed by atoms with Gasteiger partial charge >= 0.3 is 0 Å². The second-order valence-corrected chi connectivity index (χ2v) is 25.0. The van der Waals surface area contributed by atoms with Crippen LogP contribution in [0.2, 0.25) is 0 Å². The molecule has 6 nitrogen and oxygen atoms in total. The molecule has 0 bridgehead atoms. The molecule has 0 aromatic heterocycles. The average Bonchev–Trinajstić information content (AvgIpc) is 3.67. The minimum atomic E-state index is -0.419. The maximum Gasteiger partial charge on any atom is 0.0622 e. The van der Waals surface area contributed by atoms with E-state index < -0.39 is 11.2 Å². The van der Waals surface area contributed by atoms with E-state index in [0.29, 0.717) is 21.7 Å². The molecule has 0 saturated heterocycles. The first-order valence-electron chi connectivity index (χ1n) is 24.9. The third-order valence-corrected chi connectivity index (χ3v) is 21.5.